The highest BCUT2D eigenvalue weighted by Crippen LogP contribution is 2.10. The van der Waals surface area contributed by atoms with E-state index in [0.717, 1.165) is 4.88 Å². The predicted molar refractivity (Wildman–Crippen MR) is 58.4 cm³/mol. The van der Waals surface area contributed by atoms with Crippen LogP contribution in [-0.2, 0) is 7.05 Å². The number of aryl methyl sites for hydroxylation is 1. The average molecular weight is 349 g/mol. The Hall–Kier alpha value is -0.890. The van der Waals surface area contributed by atoms with Crippen LogP contribution in [0.1, 0.15) is 9.67 Å². The van der Waals surface area contributed by atoms with Crippen LogP contribution in [0.4, 0.5) is 0 Å². The van der Waals surface area contributed by atoms with Crippen molar-refractivity contribution in [2.75, 3.05) is 12.1 Å². The SMILES string of the molecule is CN(C(=O)c1cccs1)n1cc[n+](C)c1.[I-]. The van der Waals surface area contributed by atoms with Crippen LogP contribution in [0.5, 0.6) is 0 Å². The van der Waals surface area contributed by atoms with Crippen molar-refractivity contribution in [1.29, 1.82) is 0 Å². The van der Waals surface area contributed by atoms with Gasteiger partial charge in [0.2, 0.25) is 0 Å². The molecule has 0 aliphatic rings. The molecule has 0 radical (unpaired) electrons. The molecule has 2 aromatic rings. The van der Waals surface area contributed by atoms with Gasteiger partial charge in [0, 0.05) is 0 Å². The zero-order valence-electron chi connectivity index (χ0n) is 9.00. The molecule has 0 unspecified atom stereocenters. The lowest BCUT2D eigenvalue weighted by molar-refractivity contribution is -0.671. The molecule has 16 heavy (non-hydrogen) atoms. The molecular formula is C10H12IN3OS. The Morgan fingerprint density at radius 3 is 2.81 bits per heavy atom. The minimum absolute atomic E-state index is 0. The first kappa shape index (κ1) is 13.2. The van der Waals surface area contributed by atoms with E-state index in [2.05, 4.69) is 0 Å². The van der Waals surface area contributed by atoms with Crippen molar-refractivity contribution >= 4 is 17.2 Å². The Labute approximate surface area is 115 Å². The maximum absolute atomic E-state index is 11.9. The molecule has 2 heterocycles. The summed E-state index contributed by atoms with van der Waals surface area (Å²) in [6.07, 6.45) is 5.56. The first-order chi connectivity index (χ1) is 7.18. The lowest BCUT2D eigenvalue weighted by atomic mass is 10.4. The number of hydrogen-bond donors (Lipinski definition) is 0. The van der Waals surface area contributed by atoms with E-state index in [0.29, 0.717) is 0 Å². The number of carbonyl (C=O) groups is 1. The molecule has 0 fully saturated rings. The molecule has 0 saturated carbocycles. The van der Waals surface area contributed by atoms with Gasteiger partial charge < -0.3 is 24.0 Å². The topological polar surface area (TPSA) is 29.1 Å². The Morgan fingerprint density at radius 2 is 2.31 bits per heavy atom. The van der Waals surface area contributed by atoms with Crippen LogP contribution in [0, 0.1) is 0 Å². The zero-order chi connectivity index (χ0) is 10.8. The number of rotatable bonds is 2. The Balaban J connectivity index is 0.00000128. The van der Waals surface area contributed by atoms with E-state index in [9.17, 15) is 4.79 Å². The van der Waals surface area contributed by atoms with Crippen molar-refractivity contribution in [1.82, 2.24) is 4.68 Å². The molecule has 0 aliphatic carbocycles. The summed E-state index contributed by atoms with van der Waals surface area (Å²) >= 11 is 1.45. The molecule has 0 N–H and O–H groups in total. The molecule has 2 aromatic heterocycles. The van der Waals surface area contributed by atoms with E-state index < -0.39 is 0 Å². The van der Waals surface area contributed by atoms with Crippen molar-refractivity contribution in [3.63, 3.8) is 0 Å². The molecule has 0 bridgehead atoms. The quantitative estimate of drug-likeness (QED) is 0.447. The summed E-state index contributed by atoms with van der Waals surface area (Å²) in [6.45, 7) is 0. The number of carbonyl (C=O) groups excluding carboxylic acids is 1. The molecule has 1 amide bonds. The standard InChI is InChI=1S/C10H12N3OS.HI/c1-11-5-6-13(8-11)12(2)10(14)9-4-3-7-15-9;/h3-8H,1-2H3;1H/q+1;/p-1. The number of thiophene rings is 1. The third-order valence-corrected chi connectivity index (χ3v) is 2.99. The Morgan fingerprint density at radius 1 is 1.56 bits per heavy atom. The molecule has 0 atom stereocenters. The summed E-state index contributed by atoms with van der Waals surface area (Å²) in [5.74, 6) is 0.00111. The van der Waals surface area contributed by atoms with Crippen LogP contribution in [0.2, 0.25) is 0 Å². The van der Waals surface area contributed by atoms with Gasteiger partial charge in [-0.2, -0.15) is 5.01 Å². The van der Waals surface area contributed by atoms with Crippen molar-refractivity contribution < 1.29 is 33.3 Å². The molecule has 0 aromatic carbocycles. The minimum Gasteiger partial charge on any atom is -1.00 e. The highest BCUT2D eigenvalue weighted by atomic mass is 127. The minimum atomic E-state index is 0. The second-order valence-electron chi connectivity index (χ2n) is 3.27. The number of nitrogens with zero attached hydrogens (tertiary/aromatic N) is 3. The molecule has 4 nitrogen and oxygen atoms in total. The molecule has 86 valence electrons. The summed E-state index contributed by atoms with van der Waals surface area (Å²) in [5, 5.41) is 3.47. The van der Waals surface area contributed by atoms with Crippen molar-refractivity contribution in [3.05, 3.63) is 41.1 Å². The summed E-state index contributed by atoms with van der Waals surface area (Å²) in [6, 6.07) is 3.70. The summed E-state index contributed by atoms with van der Waals surface area (Å²) in [7, 11) is 3.67. The first-order valence-corrected chi connectivity index (χ1v) is 5.41. The number of aromatic nitrogens is 2. The zero-order valence-corrected chi connectivity index (χ0v) is 12.0. The molecule has 0 spiro atoms. The van der Waals surface area contributed by atoms with Crippen LogP contribution in [0.25, 0.3) is 0 Å². The van der Waals surface area contributed by atoms with Gasteiger partial charge >= 0.3 is 0 Å². The van der Waals surface area contributed by atoms with Gasteiger partial charge in [-0.1, -0.05) is 6.07 Å². The van der Waals surface area contributed by atoms with Gasteiger partial charge in [-0.15, -0.1) is 16.0 Å². The summed E-state index contributed by atoms with van der Waals surface area (Å²) in [4.78, 5) is 12.7. The highest BCUT2D eigenvalue weighted by Gasteiger charge is 2.17. The summed E-state index contributed by atoms with van der Waals surface area (Å²) in [5.41, 5.74) is 0. The third-order valence-electron chi connectivity index (χ3n) is 2.13. The molecule has 2 rings (SSSR count). The Bertz CT molecular complexity index is 466. The lowest BCUT2D eigenvalue weighted by Crippen LogP contribution is -3.00. The van der Waals surface area contributed by atoms with Crippen molar-refractivity contribution in [3.8, 4) is 0 Å². The number of imidazole rings is 1. The van der Waals surface area contributed by atoms with Gasteiger partial charge in [0.1, 0.15) is 6.20 Å². The molecule has 0 aliphatic heterocycles. The lowest BCUT2D eigenvalue weighted by Gasteiger charge is -2.10. The number of halogens is 1. The molecule has 0 saturated heterocycles. The van der Waals surface area contributed by atoms with E-state index >= 15 is 0 Å². The fourth-order valence-electron chi connectivity index (χ4n) is 1.28. The van der Waals surface area contributed by atoms with E-state index in [1.807, 2.05) is 47.8 Å². The fourth-order valence-corrected chi connectivity index (χ4v) is 1.97. The van der Waals surface area contributed by atoms with Crippen LogP contribution < -0.4 is 33.6 Å². The predicted octanol–water partition coefficient (Wildman–Crippen LogP) is -2.21. The summed E-state index contributed by atoms with van der Waals surface area (Å²) < 4.78 is 3.64. The van der Waals surface area contributed by atoms with Crippen LogP contribution in [0.15, 0.2) is 36.2 Å². The van der Waals surface area contributed by atoms with Gasteiger partial charge in [-0.05, 0) is 11.4 Å². The largest absolute Gasteiger partial charge is 1.00 e. The second-order valence-corrected chi connectivity index (χ2v) is 4.21. The van der Waals surface area contributed by atoms with Gasteiger partial charge in [-0.25, -0.2) is 4.57 Å². The molecular weight excluding hydrogens is 337 g/mol. The van der Waals surface area contributed by atoms with E-state index in [-0.39, 0.29) is 29.9 Å². The van der Waals surface area contributed by atoms with Gasteiger partial charge in [0.25, 0.3) is 12.2 Å². The maximum Gasteiger partial charge on any atom is 0.298 e. The Kier molecular flexibility index (Phi) is 4.48. The van der Waals surface area contributed by atoms with E-state index in [4.69, 9.17) is 0 Å². The molecule has 6 heteroatoms. The maximum atomic E-state index is 11.9. The average Bonchev–Trinajstić information content (AvgIpc) is 2.85. The second kappa shape index (κ2) is 5.44. The third kappa shape index (κ3) is 2.62. The smallest absolute Gasteiger partial charge is 0.298 e. The van der Waals surface area contributed by atoms with E-state index in [1.165, 1.54) is 11.3 Å². The monoisotopic (exact) mass is 349 g/mol. The normalized spacial score (nSPS) is 9.62. The van der Waals surface area contributed by atoms with Crippen molar-refractivity contribution in [2.45, 2.75) is 0 Å². The van der Waals surface area contributed by atoms with Gasteiger partial charge in [0.05, 0.1) is 19.0 Å². The van der Waals surface area contributed by atoms with Crippen LogP contribution >= 0.6 is 11.3 Å². The first-order valence-electron chi connectivity index (χ1n) is 4.53. The van der Waals surface area contributed by atoms with E-state index in [1.54, 1.807) is 16.7 Å². The van der Waals surface area contributed by atoms with Crippen LogP contribution in [0.3, 0.4) is 0 Å². The number of amides is 1. The number of hydrogen-bond acceptors (Lipinski definition) is 2. The van der Waals surface area contributed by atoms with Gasteiger partial charge in [0.15, 0.2) is 6.20 Å². The van der Waals surface area contributed by atoms with Gasteiger partial charge in [-0.3, -0.25) is 4.79 Å². The highest BCUT2D eigenvalue weighted by molar-refractivity contribution is 7.12. The van der Waals surface area contributed by atoms with Crippen molar-refractivity contribution in [2.24, 2.45) is 7.05 Å². The fraction of sp³-hybridized carbons (Fsp3) is 0.200. The van der Waals surface area contributed by atoms with Crippen LogP contribution in [-0.4, -0.2) is 17.6 Å².